The Labute approximate surface area is 137 Å². The van der Waals surface area contributed by atoms with Gasteiger partial charge in [0.2, 0.25) is 0 Å². The van der Waals surface area contributed by atoms with Gasteiger partial charge in [0.25, 0.3) is 0 Å². The molecule has 4 N–H and O–H groups in total. The molecular formula is C15H12ClN3O2S. The van der Waals surface area contributed by atoms with Crippen molar-refractivity contribution in [3.63, 3.8) is 0 Å². The highest BCUT2D eigenvalue weighted by molar-refractivity contribution is 7.80. The highest BCUT2D eigenvalue weighted by Crippen LogP contribution is 2.27. The van der Waals surface area contributed by atoms with Crippen molar-refractivity contribution >= 4 is 41.1 Å². The van der Waals surface area contributed by atoms with E-state index >= 15 is 0 Å². The van der Waals surface area contributed by atoms with Gasteiger partial charge in [-0.05, 0) is 35.5 Å². The molecule has 0 heterocycles. The molecule has 0 unspecified atom stereocenters. The average Bonchev–Trinajstić information content (AvgIpc) is 2.48. The number of hydrogen-bond acceptors (Lipinski definition) is 3. The Morgan fingerprint density at radius 1 is 1.32 bits per heavy atom. The summed E-state index contributed by atoms with van der Waals surface area (Å²) in [7, 11) is 0. The topological polar surface area (TPSA) is 87.7 Å². The maximum atomic E-state index is 11.2. The zero-order valence-electron chi connectivity index (χ0n) is 11.3. The number of thiocarbonyl (C=S) groups is 1. The van der Waals surface area contributed by atoms with E-state index in [0.29, 0.717) is 0 Å². The summed E-state index contributed by atoms with van der Waals surface area (Å²) in [6, 6.07) is 12.2. The smallest absolute Gasteiger partial charge is 0.337 e. The van der Waals surface area contributed by atoms with Gasteiger partial charge in [-0.2, -0.15) is 5.10 Å². The van der Waals surface area contributed by atoms with E-state index in [4.69, 9.17) is 22.4 Å². The molecule has 0 amide bonds. The Hall–Kier alpha value is -2.44. The van der Waals surface area contributed by atoms with E-state index in [9.17, 15) is 4.79 Å². The fraction of sp³-hybridized carbons (Fsp3) is 0. The van der Waals surface area contributed by atoms with Crippen LogP contribution in [0.3, 0.4) is 0 Å². The van der Waals surface area contributed by atoms with Gasteiger partial charge in [-0.15, -0.1) is 0 Å². The van der Waals surface area contributed by atoms with Gasteiger partial charge in [-0.3, -0.25) is 5.43 Å². The lowest BCUT2D eigenvalue weighted by Crippen LogP contribution is -2.24. The van der Waals surface area contributed by atoms with Crippen LogP contribution < -0.4 is 11.2 Å². The highest BCUT2D eigenvalue weighted by Gasteiger charge is 2.11. The fourth-order valence-electron chi connectivity index (χ4n) is 1.89. The van der Waals surface area contributed by atoms with E-state index in [1.54, 1.807) is 18.3 Å². The van der Waals surface area contributed by atoms with Crippen LogP contribution in [0.15, 0.2) is 47.6 Å². The van der Waals surface area contributed by atoms with E-state index in [1.807, 2.05) is 24.3 Å². The molecule has 5 nitrogen and oxygen atoms in total. The van der Waals surface area contributed by atoms with Crippen molar-refractivity contribution in [1.29, 1.82) is 0 Å². The van der Waals surface area contributed by atoms with Crippen molar-refractivity contribution in [2.24, 2.45) is 10.8 Å². The van der Waals surface area contributed by atoms with Crippen LogP contribution in [-0.4, -0.2) is 22.4 Å². The van der Waals surface area contributed by atoms with Gasteiger partial charge in [-0.25, -0.2) is 4.79 Å². The lowest BCUT2D eigenvalue weighted by atomic mass is 9.98. The summed E-state index contributed by atoms with van der Waals surface area (Å²) >= 11 is 10.6. The molecule has 0 radical (unpaired) electrons. The molecule has 2 aromatic carbocycles. The van der Waals surface area contributed by atoms with Gasteiger partial charge in [0.15, 0.2) is 5.11 Å². The van der Waals surface area contributed by atoms with Gasteiger partial charge < -0.3 is 10.8 Å². The SMILES string of the molecule is NC(=S)NN=Cc1ccccc1-c1ccc(Cl)c(C(=O)O)c1. The molecule has 0 spiro atoms. The van der Waals surface area contributed by atoms with E-state index < -0.39 is 5.97 Å². The summed E-state index contributed by atoms with van der Waals surface area (Å²) in [6.45, 7) is 0. The summed E-state index contributed by atoms with van der Waals surface area (Å²) in [4.78, 5) is 11.2. The molecule has 7 heteroatoms. The summed E-state index contributed by atoms with van der Waals surface area (Å²) in [5, 5.41) is 13.3. The van der Waals surface area contributed by atoms with Crippen molar-refractivity contribution in [1.82, 2.24) is 5.43 Å². The van der Waals surface area contributed by atoms with Crippen LogP contribution in [0.4, 0.5) is 0 Å². The number of carboxylic acid groups (broad SMARTS) is 1. The quantitative estimate of drug-likeness (QED) is 0.455. The minimum atomic E-state index is -1.08. The Morgan fingerprint density at radius 3 is 2.73 bits per heavy atom. The third-order valence-corrected chi connectivity index (χ3v) is 3.27. The number of carbonyl (C=O) groups is 1. The molecule has 0 aliphatic heterocycles. The molecule has 0 saturated carbocycles. The first-order chi connectivity index (χ1) is 10.5. The molecular weight excluding hydrogens is 322 g/mol. The summed E-state index contributed by atoms with van der Waals surface area (Å²) in [5.41, 5.74) is 10.1. The molecule has 0 aliphatic rings. The van der Waals surface area contributed by atoms with Gasteiger partial charge in [0, 0.05) is 5.56 Å². The monoisotopic (exact) mass is 333 g/mol. The molecule has 0 fully saturated rings. The zero-order valence-corrected chi connectivity index (χ0v) is 12.9. The maximum Gasteiger partial charge on any atom is 0.337 e. The van der Waals surface area contributed by atoms with E-state index in [1.165, 1.54) is 6.07 Å². The number of rotatable bonds is 4. The van der Waals surface area contributed by atoms with Gasteiger partial charge in [0.05, 0.1) is 16.8 Å². The maximum absolute atomic E-state index is 11.2. The van der Waals surface area contributed by atoms with Crippen LogP contribution in [0, 0.1) is 0 Å². The third-order valence-electron chi connectivity index (χ3n) is 2.85. The van der Waals surface area contributed by atoms with Crippen molar-refractivity contribution in [2.75, 3.05) is 0 Å². The minimum absolute atomic E-state index is 0.0483. The van der Waals surface area contributed by atoms with Crippen molar-refractivity contribution in [2.45, 2.75) is 0 Å². The highest BCUT2D eigenvalue weighted by atomic mass is 35.5. The van der Waals surface area contributed by atoms with Crippen molar-refractivity contribution < 1.29 is 9.90 Å². The van der Waals surface area contributed by atoms with Crippen LogP contribution in [-0.2, 0) is 0 Å². The third kappa shape index (κ3) is 3.81. The number of nitrogens with two attached hydrogens (primary N) is 1. The van der Waals surface area contributed by atoms with E-state index in [2.05, 4.69) is 22.7 Å². The Morgan fingerprint density at radius 2 is 2.05 bits per heavy atom. The average molecular weight is 334 g/mol. The molecule has 112 valence electrons. The summed E-state index contributed by atoms with van der Waals surface area (Å²) in [6.07, 6.45) is 1.56. The first kappa shape index (κ1) is 15.9. The largest absolute Gasteiger partial charge is 0.478 e. The van der Waals surface area contributed by atoms with E-state index in [0.717, 1.165) is 16.7 Å². The molecule has 0 aliphatic carbocycles. The van der Waals surface area contributed by atoms with Crippen LogP contribution >= 0.6 is 23.8 Å². The van der Waals surface area contributed by atoms with Crippen LogP contribution in [0.5, 0.6) is 0 Å². The normalized spacial score (nSPS) is 10.6. The lowest BCUT2D eigenvalue weighted by Gasteiger charge is -2.08. The van der Waals surface area contributed by atoms with Crippen molar-refractivity contribution in [3.8, 4) is 11.1 Å². The number of halogens is 1. The zero-order chi connectivity index (χ0) is 16.1. The van der Waals surface area contributed by atoms with Gasteiger partial charge in [-0.1, -0.05) is 41.9 Å². The van der Waals surface area contributed by atoms with Crippen LogP contribution in [0.2, 0.25) is 5.02 Å². The number of carboxylic acids is 1. The lowest BCUT2D eigenvalue weighted by molar-refractivity contribution is 0.0697. The first-order valence-corrected chi connectivity index (χ1v) is 6.98. The Kier molecular flexibility index (Phi) is 5.08. The number of benzene rings is 2. The molecule has 22 heavy (non-hydrogen) atoms. The Balaban J connectivity index is 2.45. The molecule has 0 saturated heterocycles. The van der Waals surface area contributed by atoms with Gasteiger partial charge in [0.1, 0.15) is 0 Å². The number of nitrogens with zero attached hydrogens (tertiary/aromatic N) is 1. The minimum Gasteiger partial charge on any atom is -0.478 e. The summed E-state index contributed by atoms with van der Waals surface area (Å²) in [5.74, 6) is -1.08. The van der Waals surface area contributed by atoms with Crippen LogP contribution in [0.1, 0.15) is 15.9 Å². The second-order valence-corrected chi connectivity index (χ2v) is 5.17. The second kappa shape index (κ2) is 7.02. The van der Waals surface area contributed by atoms with Crippen LogP contribution in [0.25, 0.3) is 11.1 Å². The predicted octanol–water partition coefficient (Wildman–Crippen LogP) is 2.87. The molecule has 2 aromatic rings. The number of nitrogens with one attached hydrogen (secondary N) is 1. The predicted molar refractivity (Wildman–Crippen MR) is 91.4 cm³/mol. The number of aromatic carboxylic acids is 1. The fourth-order valence-corrected chi connectivity index (χ4v) is 2.15. The van der Waals surface area contributed by atoms with Crippen molar-refractivity contribution in [3.05, 3.63) is 58.6 Å². The number of hydrogen-bond donors (Lipinski definition) is 3. The van der Waals surface area contributed by atoms with E-state index in [-0.39, 0.29) is 15.7 Å². The second-order valence-electron chi connectivity index (χ2n) is 4.32. The molecule has 0 atom stereocenters. The Bertz CT molecular complexity index is 762. The number of hydrazone groups is 1. The standard InChI is InChI=1S/C15H12ClN3O2S/c16-13-6-5-9(7-12(13)14(20)21)11-4-2-1-3-10(11)8-18-19-15(17)22/h1-8H,(H,20,21)(H3,17,19,22). The summed E-state index contributed by atoms with van der Waals surface area (Å²) < 4.78 is 0. The van der Waals surface area contributed by atoms with Gasteiger partial charge >= 0.3 is 5.97 Å². The molecule has 0 aromatic heterocycles. The molecule has 2 rings (SSSR count). The first-order valence-electron chi connectivity index (χ1n) is 6.20. The molecule has 0 bridgehead atoms.